The summed E-state index contributed by atoms with van der Waals surface area (Å²) in [5.41, 5.74) is 0. The van der Waals surface area contributed by atoms with Crippen LogP contribution >= 0.6 is 0 Å². The van der Waals surface area contributed by atoms with Crippen LogP contribution in [-0.4, -0.2) is 39.4 Å². The van der Waals surface area contributed by atoms with Crippen LogP contribution in [0.4, 0.5) is 0 Å². The molecular formula is C15H21N3O5S. The molecular weight excluding hydrogens is 334 g/mol. The van der Waals surface area contributed by atoms with Gasteiger partial charge in [-0.1, -0.05) is 13.8 Å². The van der Waals surface area contributed by atoms with Gasteiger partial charge in [-0.05, 0) is 12.1 Å². The molecule has 0 saturated heterocycles. The molecule has 1 aromatic heterocycles. The Bertz CT molecular complexity index is 786. The maximum Gasteiger partial charge on any atom is 0.240 e. The van der Waals surface area contributed by atoms with Crippen molar-refractivity contribution < 1.29 is 22.3 Å². The van der Waals surface area contributed by atoms with Gasteiger partial charge in [0.15, 0.2) is 11.5 Å². The Morgan fingerprint density at radius 2 is 1.88 bits per heavy atom. The lowest BCUT2D eigenvalue weighted by Crippen LogP contribution is -2.26. The number of aromatic nitrogens is 2. The molecule has 0 aliphatic rings. The van der Waals surface area contributed by atoms with Crippen molar-refractivity contribution in [2.24, 2.45) is 0 Å². The van der Waals surface area contributed by atoms with E-state index in [-0.39, 0.29) is 17.4 Å². The van der Waals surface area contributed by atoms with Gasteiger partial charge in [0.2, 0.25) is 21.8 Å². The molecule has 0 spiro atoms. The smallest absolute Gasteiger partial charge is 0.240 e. The summed E-state index contributed by atoms with van der Waals surface area (Å²) in [6.45, 7) is 4.03. The molecule has 0 fully saturated rings. The van der Waals surface area contributed by atoms with Gasteiger partial charge in [-0.25, -0.2) is 13.1 Å². The van der Waals surface area contributed by atoms with Gasteiger partial charge in [-0.2, -0.15) is 0 Å². The first-order valence-corrected chi connectivity index (χ1v) is 8.89. The second-order valence-corrected chi connectivity index (χ2v) is 7.12. The fourth-order valence-electron chi connectivity index (χ4n) is 1.96. The second-order valence-electron chi connectivity index (χ2n) is 5.35. The first kappa shape index (κ1) is 18.2. The number of hydrogen-bond acceptors (Lipinski definition) is 7. The average molecular weight is 355 g/mol. The van der Waals surface area contributed by atoms with Gasteiger partial charge in [0.1, 0.15) is 0 Å². The Labute approximate surface area is 141 Å². The van der Waals surface area contributed by atoms with Crippen molar-refractivity contribution in [2.75, 3.05) is 20.8 Å². The molecule has 8 nitrogen and oxygen atoms in total. The van der Waals surface area contributed by atoms with Crippen LogP contribution in [-0.2, 0) is 16.4 Å². The van der Waals surface area contributed by atoms with Crippen molar-refractivity contribution in [1.82, 2.24) is 14.9 Å². The van der Waals surface area contributed by atoms with Gasteiger partial charge in [-0.15, -0.1) is 10.2 Å². The molecule has 1 heterocycles. The van der Waals surface area contributed by atoms with E-state index in [4.69, 9.17) is 13.9 Å². The summed E-state index contributed by atoms with van der Waals surface area (Å²) in [6.07, 6.45) is 0.312. The van der Waals surface area contributed by atoms with Gasteiger partial charge >= 0.3 is 0 Å². The Kier molecular flexibility index (Phi) is 5.79. The predicted octanol–water partition coefficient (Wildman–Crippen LogP) is 1.73. The van der Waals surface area contributed by atoms with E-state index < -0.39 is 10.0 Å². The van der Waals surface area contributed by atoms with E-state index in [1.54, 1.807) is 6.07 Å². The normalized spacial score (nSPS) is 11.7. The van der Waals surface area contributed by atoms with E-state index in [2.05, 4.69) is 14.9 Å². The predicted molar refractivity (Wildman–Crippen MR) is 86.8 cm³/mol. The molecule has 0 saturated carbocycles. The van der Waals surface area contributed by atoms with Gasteiger partial charge in [0.25, 0.3) is 0 Å². The molecule has 24 heavy (non-hydrogen) atoms. The fraction of sp³-hybridized carbons (Fsp3) is 0.467. The van der Waals surface area contributed by atoms with Crippen molar-refractivity contribution in [3.05, 3.63) is 30.0 Å². The topological polar surface area (TPSA) is 104 Å². The number of nitrogens with one attached hydrogen (secondary N) is 1. The third-order valence-electron chi connectivity index (χ3n) is 3.27. The largest absolute Gasteiger partial charge is 0.493 e. The quantitative estimate of drug-likeness (QED) is 0.769. The van der Waals surface area contributed by atoms with Gasteiger partial charge in [-0.3, -0.25) is 0 Å². The number of hydrogen-bond donors (Lipinski definition) is 1. The molecule has 0 radical (unpaired) electrons. The van der Waals surface area contributed by atoms with Gasteiger partial charge in [0, 0.05) is 24.9 Å². The van der Waals surface area contributed by atoms with Crippen LogP contribution in [0.5, 0.6) is 11.5 Å². The summed E-state index contributed by atoms with van der Waals surface area (Å²) in [4.78, 5) is 0.0912. The van der Waals surface area contributed by atoms with Crippen molar-refractivity contribution in [2.45, 2.75) is 31.1 Å². The molecule has 0 aliphatic heterocycles. The highest BCUT2D eigenvalue weighted by molar-refractivity contribution is 7.89. The monoisotopic (exact) mass is 355 g/mol. The third kappa shape index (κ3) is 4.24. The van der Waals surface area contributed by atoms with E-state index in [0.29, 0.717) is 29.7 Å². The first-order chi connectivity index (χ1) is 11.4. The van der Waals surface area contributed by atoms with E-state index >= 15 is 0 Å². The van der Waals surface area contributed by atoms with Crippen LogP contribution in [0.1, 0.15) is 31.5 Å². The molecule has 0 unspecified atom stereocenters. The van der Waals surface area contributed by atoms with Crippen LogP contribution < -0.4 is 14.2 Å². The highest BCUT2D eigenvalue weighted by Crippen LogP contribution is 2.29. The Hall–Kier alpha value is -2.13. The molecule has 1 aromatic carbocycles. The number of rotatable bonds is 8. The standard InChI is InChI=1S/C15H21N3O5S/c1-10(2)15-18-17-14(23-15)7-8-16-24(19,20)11-5-6-12(21-3)13(9-11)22-4/h5-6,9-10,16H,7-8H2,1-4H3. The Morgan fingerprint density at radius 3 is 2.46 bits per heavy atom. The van der Waals surface area contributed by atoms with Crippen LogP contribution in [0.15, 0.2) is 27.5 Å². The van der Waals surface area contributed by atoms with E-state index in [9.17, 15) is 8.42 Å². The summed E-state index contributed by atoms with van der Waals surface area (Å²) in [5.74, 6) is 1.87. The van der Waals surface area contributed by atoms with Crippen molar-refractivity contribution in [3.8, 4) is 11.5 Å². The number of nitrogens with zero attached hydrogens (tertiary/aromatic N) is 2. The van der Waals surface area contributed by atoms with Crippen molar-refractivity contribution >= 4 is 10.0 Å². The zero-order valence-electron chi connectivity index (χ0n) is 14.1. The molecule has 2 rings (SSSR count). The summed E-state index contributed by atoms with van der Waals surface area (Å²) in [7, 11) is -0.739. The van der Waals surface area contributed by atoms with E-state index in [1.165, 1.54) is 26.4 Å². The zero-order chi connectivity index (χ0) is 17.7. The van der Waals surface area contributed by atoms with Crippen LogP contribution in [0.3, 0.4) is 0 Å². The summed E-state index contributed by atoms with van der Waals surface area (Å²) >= 11 is 0. The van der Waals surface area contributed by atoms with E-state index in [0.717, 1.165) is 0 Å². The van der Waals surface area contributed by atoms with Crippen LogP contribution in [0.25, 0.3) is 0 Å². The highest BCUT2D eigenvalue weighted by Gasteiger charge is 2.17. The maximum absolute atomic E-state index is 12.3. The SMILES string of the molecule is COc1ccc(S(=O)(=O)NCCc2nnc(C(C)C)o2)cc1OC. The fourth-order valence-corrected chi connectivity index (χ4v) is 3.01. The van der Waals surface area contributed by atoms with Crippen molar-refractivity contribution in [1.29, 1.82) is 0 Å². The molecule has 1 N–H and O–H groups in total. The number of benzene rings is 1. The lowest BCUT2D eigenvalue weighted by molar-refractivity contribution is 0.354. The molecule has 2 aromatic rings. The first-order valence-electron chi connectivity index (χ1n) is 7.41. The zero-order valence-corrected chi connectivity index (χ0v) is 14.9. The average Bonchev–Trinajstić information content (AvgIpc) is 3.03. The van der Waals surface area contributed by atoms with Crippen LogP contribution in [0.2, 0.25) is 0 Å². The molecule has 0 amide bonds. The summed E-state index contributed by atoms with van der Waals surface area (Å²) in [5, 5.41) is 7.80. The molecule has 0 aliphatic carbocycles. The lowest BCUT2D eigenvalue weighted by atomic mass is 10.2. The molecule has 0 bridgehead atoms. The maximum atomic E-state index is 12.3. The summed E-state index contributed by atoms with van der Waals surface area (Å²) < 4.78 is 42.8. The van der Waals surface area contributed by atoms with Crippen LogP contribution in [0, 0.1) is 0 Å². The second kappa shape index (κ2) is 7.63. The van der Waals surface area contributed by atoms with Gasteiger partial charge in [0.05, 0.1) is 19.1 Å². The molecule has 132 valence electrons. The minimum Gasteiger partial charge on any atom is -0.493 e. The van der Waals surface area contributed by atoms with Gasteiger partial charge < -0.3 is 13.9 Å². The molecule has 9 heteroatoms. The minimum absolute atomic E-state index is 0.0912. The van der Waals surface area contributed by atoms with E-state index in [1.807, 2.05) is 13.8 Å². The highest BCUT2D eigenvalue weighted by atomic mass is 32.2. The minimum atomic E-state index is -3.67. The number of methoxy groups -OCH3 is 2. The lowest BCUT2D eigenvalue weighted by Gasteiger charge is -2.10. The number of sulfonamides is 1. The Balaban J connectivity index is 2.02. The van der Waals surface area contributed by atoms with Crippen molar-refractivity contribution in [3.63, 3.8) is 0 Å². The number of ether oxygens (including phenoxy) is 2. The third-order valence-corrected chi connectivity index (χ3v) is 4.73. The summed E-state index contributed by atoms with van der Waals surface area (Å²) in [6, 6.07) is 4.40. The Morgan fingerprint density at radius 1 is 1.17 bits per heavy atom. The molecule has 0 atom stereocenters.